The van der Waals surface area contributed by atoms with Crippen LogP contribution in [0.25, 0.3) is 0 Å². The Morgan fingerprint density at radius 1 is 1.38 bits per heavy atom. The van der Waals surface area contributed by atoms with Crippen molar-refractivity contribution in [3.63, 3.8) is 0 Å². The van der Waals surface area contributed by atoms with Crippen LogP contribution in [0.2, 0.25) is 0 Å². The summed E-state index contributed by atoms with van der Waals surface area (Å²) in [6, 6.07) is 0. The Morgan fingerprint density at radius 2 is 2.08 bits per heavy atom. The monoisotopic (exact) mass is 187 g/mol. The molecule has 0 spiro atoms. The van der Waals surface area contributed by atoms with Crippen molar-refractivity contribution in [3.05, 3.63) is 0 Å². The van der Waals surface area contributed by atoms with Crippen LogP contribution in [-0.2, 0) is 0 Å². The summed E-state index contributed by atoms with van der Waals surface area (Å²) in [6.07, 6.45) is 1.60. The molecule has 0 aromatic heterocycles. The number of hydrogen-bond donors (Lipinski definition) is 2. The van der Waals surface area contributed by atoms with Gasteiger partial charge in [0.1, 0.15) is 6.17 Å². The molecule has 3 heteroatoms. The Kier molecular flexibility index (Phi) is 1.93. The molecule has 4 atom stereocenters. The molecule has 0 aliphatic carbocycles. The van der Waals surface area contributed by atoms with E-state index in [9.17, 15) is 9.50 Å². The fourth-order valence-corrected chi connectivity index (χ4v) is 3.01. The fourth-order valence-electron chi connectivity index (χ4n) is 3.01. The van der Waals surface area contributed by atoms with Gasteiger partial charge in [-0.1, -0.05) is 0 Å². The largest absolute Gasteiger partial charge is 0.390 e. The van der Waals surface area contributed by atoms with Crippen molar-refractivity contribution in [1.29, 1.82) is 0 Å². The van der Waals surface area contributed by atoms with Crippen LogP contribution in [0.4, 0.5) is 4.39 Å². The SMILES string of the molecule is C[C@]12CCC[C@](C)(N1)[C@H](F)C(O)C2. The third kappa shape index (κ3) is 1.38. The number of alkyl halides is 1. The van der Waals surface area contributed by atoms with E-state index in [0.29, 0.717) is 6.42 Å². The predicted octanol–water partition coefficient (Wildman–Crippen LogP) is 1.38. The molecule has 0 saturated carbocycles. The zero-order chi connectivity index (χ0) is 9.69. The van der Waals surface area contributed by atoms with Crippen LogP contribution in [0.3, 0.4) is 0 Å². The van der Waals surface area contributed by atoms with E-state index >= 15 is 0 Å². The maximum Gasteiger partial charge on any atom is 0.144 e. The van der Waals surface area contributed by atoms with Crippen molar-refractivity contribution in [2.24, 2.45) is 0 Å². The smallest absolute Gasteiger partial charge is 0.144 e. The Hall–Kier alpha value is -0.150. The second-order valence-corrected chi connectivity index (χ2v) is 5.13. The lowest BCUT2D eigenvalue weighted by atomic mass is 9.69. The molecule has 0 aromatic carbocycles. The van der Waals surface area contributed by atoms with Crippen molar-refractivity contribution in [3.8, 4) is 0 Å². The van der Waals surface area contributed by atoms with Crippen molar-refractivity contribution >= 4 is 0 Å². The summed E-state index contributed by atoms with van der Waals surface area (Å²) < 4.78 is 13.7. The quantitative estimate of drug-likeness (QED) is 0.600. The van der Waals surface area contributed by atoms with E-state index in [4.69, 9.17) is 0 Å². The molecule has 2 nitrogen and oxygen atoms in total. The normalized spacial score (nSPS) is 56.3. The highest BCUT2D eigenvalue weighted by atomic mass is 19.1. The molecule has 13 heavy (non-hydrogen) atoms. The minimum Gasteiger partial charge on any atom is -0.390 e. The minimum absolute atomic E-state index is 0.0466. The van der Waals surface area contributed by atoms with E-state index in [1.165, 1.54) is 0 Å². The van der Waals surface area contributed by atoms with Gasteiger partial charge in [-0.15, -0.1) is 0 Å². The van der Waals surface area contributed by atoms with Gasteiger partial charge in [0.25, 0.3) is 0 Å². The van der Waals surface area contributed by atoms with E-state index < -0.39 is 17.8 Å². The highest BCUT2D eigenvalue weighted by Gasteiger charge is 2.51. The Balaban J connectivity index is 2.26. The molecule has 2 aliphatic heterocycles. The molecule has 2 N–H and O–H groups in total. The molecule has 0 amide bonds. The number of halogens is 1. The summed E-state index contributed by atoms with van der Waals surface area (Å²) in [5.41, 5.74) is -0.542. The summed E-state index contributed by atoms with van der Waals surface area (Å²) in [6.45, 7) is 3.97. The number of aliphatic hydroxyl groups excluding tert-OH is 1. The van der Waals surface area contributed by atoms with Gasteiger partial charge in [-0.05, 0) is 39.5 Å². The van der Waals surface area contributed by atoms with Gasteiger partial charge in [0.2, 0.25) is 0 Å². The zero-order valence-electron chi connectivity index (χ0n) is 8.31. The first-order chi connectivity index (χ1) is 5.95. The summed E-state index contributed by atoms with van der Waals surface area (Å²) in [7, 11) is 0. The van der Waals surface area contributed by atoms with Crippen LogP contribution in [0, 0.1) is 0 Å². The lowest BCUT2D eigenvalue weighted by Crippen LogP contribution is -2.70. The van der Waals surface area contributed by atoms with Gasteiger partial charge in [0.05, 0.1) is 6.10 Å². The molecule has 2 bridgehead atoms. The third-order valence-electron chi connectivity index (χ3n) is 3.62. The van der Waals surface area contributed by atoms with Gasteiger partial charge in [-0.3, -0.25) is 0 Å². The summed E-state index contributed by atoms with van der Waals surface area (Å²) in [5.74, 6) is 0. The maximum atomic E-state index is 13.7. The lowest BCUT2D eigenvalue weighted by Gasteiger charge is -2.54. The number of piperidine rings is 2. The van der Waals surface area contributed by atoms with Gasteiger partial charge < -0.3 is 10.4 Å². The van der Waals surface area contributed by atoms with Crippen molar-refractivity contribution in [2.45, 2.75) is 62.9 Å². The zero-order valence-corrected chi connectivity index (χ0v) is 8.31. The highest BCUT2D eigenvalue weighted by Crippen LogP contribution is 2.41. The van der Waals surface area contributed by atoms with Gasteiger partial charge in [0, 0.05) is 11.1 Å². The fraction of sp³-hybridized carbons (Fsp3) is 1.00. The second kappa shape index (κ2) is 2.67. The highest BCUT2D eigenvalue weighted by molar-refractivity contribution is 5.09. The number of nitrogens with one attached hydrogen (secondary N) is 1. The Labute approximate surface area is 78.5 Å². The van der Waals surface area contributed by atoms with Crippen LogP contribution in [-0.4, -0.2) is 28.5 Å². The molecule has 2 rings (SSSR count). The lowest BCUT2D eigenvalue weighted by molar-refractivity contribution is -0.0721. The first-order valence-corrected chi connectivity index (χ1v) is 5.07. The minimum atomic E-state index is -1.11. The van der Waals surface area contributed by atoms with E-state index in [2.05, 4.69) is 12.2 Å². The maximum absolute atomic E-state index is 13.7. The molecular formula is C10H18FNO. The summed E-state index contributed by atoms with van der Waals surface area (Å²) in [4.78, 5) is 0. The molecule has 0 aromatic rings. The molecule has 1 unspecified atom stereocenters. The van der Waals surface area contributed by atoms with Crippen LogP contribution in [0.15, 0.2) is 0 Å². The number of rotatable bonds is 0. The third-order valence-corrected chi connectivity index (χ3v) is 3.62. The van der Waals surface area contributed by atoms with Crippen LogP contribution < -0.4 is 5.32 Å². The van der Waals surface area contributed by atoms with Crippen LogP contribution >= 0.6 is 0 Å². The standard InChI is InChI=1S/C10H18FNO/c1-9-4-3-5-10(2,12-9)8(11)7(13)6-9/h7-8,12-13H,3-6H2,1-2H3/t7?,8-,9-,10+/m1/s1. The van der Waals surface area contributed by atoms with E-state index in [-0.39, 0.29) is 5.54 Å². The summed E-state index contributed by atoms with van der Waals surface area (Å²) in [5, 5.41) is 12.9. The Morgan fingerprint density at radius 3 is 2.77 bits per heavy atom. The molecule has 2 aliphatic rings. The first kappa shape index (κ1) is 9.41. The van der Waals surface area contributed by atoms with Gasteiger partial charge in [0.15, 0.2) is 0 Å². The predicted molar refractivity (Wildman–Crippen MR) is 49.3 cm³/mol. The second-order valence-electron chi connectivity index (χ2n) is 5.13. The van der Waals surface area contributed by atoms with Gasteiger partial charge in [-0.25, -0.2) is 4.39 Å². The molecule has 0 radical (unpaired) electrons. The van der Waals surface area contributed by atoms with Crippen LogP contribution in [0.5, 0.6) is 0 Å². The number of hydrogen-bond acceptors (Lipinski definition) is 2. The average molecular weight is 187 g/mol. The van der Waals surface area contributed by atoms with Crippen LogP contribution in [0.1, 0.15) is 39.5 Å². The van der Waals surface area contributed by atoms with Gasteiger partial charge >= 0.3 is 0 Å². The van der Waals surface area contributed by atoms with Gasteiger partial charge in [-0.2, -0.15) is 0 Å². The van der Waals surface area contributed by atoms with E-state index in [1.807, 2.05) is 6.92 Å². The molecule has 2 fully saturated rings. The van der Waals surface area contributed by atoms with Crippen molar-refractivity contribution in [1.82, 2.24) is 5.32 Å². The Bertz CT molecular complexity index is 223. The average Bonchev–Trinajstić information content (AvgIpc) is 1.99. The number of aliphatic hydroxyl groups is 1. The molecule has 76 valence electrons. The number of fused-ring (bicyclic) bond motifs is 2. The van der Waals surface area contributed by atoms with Crippen molar-refractivity contribution in [2.75, 3.05) is 0 Å². The summed E-state index contributed by atoms with van der Waals surface area (Å²) >= 11 is 0. The van der Waals surface area contributed by atoms with E-state index in [1.54, 1.807) is 0 Å². The molecule has 2 saturated heterocycles. The first-order valence-electron chi connectivity index (χ1n) is 5.07. The van der Waals surface area contributed by atoms with Crippen molar-refractivity contribution < 1.29 is 9.50 Å². The molecular weight excluding hydrogens is 169 g/mol. The topological polar surface area (TPSA) is 32.3 Å². The van der Waals surface area contributed by atoms with E-state index in [0.717, 1.165) is 19.3 Å². The molecule has 2 heterocycles.